The number of benzene rings is 3. The molecule has 166 valence electrons. The van der Waals surface area contributed by atoms with Crippen LogP contribution in [0.25, 0.3) is 0 Å². The summed E-state index contributed by atoms with van der Waals surface area (Å²) in [7, 11) is 0. The Balaban J connectivity index is 1.38. The van der Waals surface area contributed by atoms with Crippen molar-refractivity contribution in [1.29, 1.82) is 0 Å². The Morgan fingerprint density at radius 2 is 1.66 bits per heavy atom. The van der Waals surface area contributed by atoms with Crippen LogP contribution in [0.3, 0.4) is 0 Å². The zero-order valence-electron chi connectivity index (χ0n) is 18.4. The van der Waals surface area contributed by atoms with Crippen LogP contribution in [0.1, 0.15) is 29.2 Å². The molecule has 5 heteroatoms. The number of para-hydroxylation sites is 1. The van der Waals surface area contributed by atoms with Crippen LogP contribution in [0.5, 0.6) is 5.75 Å². The zero-order valence-corrected chi connectivity index (χ0v) is 18.4. The first kappa shape index (κ1) is 21.9. The molecule has 0 radical (unpaired) electrons. The normalized spacial score (nSPS) is 13.6. The molecule has 0 aromatic heterocycles. The number of carboxylic acid groups (broad SMARTS) is 1. The Kier molecular flexibility index (Phi) is 7.07. The monoisotopic (exact) mass is 431 g/mol. The maximum atomic E-state index is 11.3. The van der Waals surface area contributed by atoms with E-state index in [9.17, 15) is 9.90 Å². The van der Waals surface area contributed by atoms with Gasteiger partial charge >= 0.3 is 5.97 Å². The average molecular weight is 432 g/mol. The van der Waals surface area contributed by atoms with Crippen LogP contribution in [0.4, 0.5) is 5.69 Å². The van der Waals surface area contributed by atoms with E-state index in [1.165, 1.54) is 22.4 Å². The molecule has 0 fully saturated rings. The van der Waals surface area contributed by atoms with E-state index in [0.717, 1.165) is 30.8 Å². The molecule has 0 spiro atoms. The molecule has 0 bridgehead atoms. The lowest BCUT2D eigenvalue weighted by Gasteiger charge is -2.25. The van der Waals surface area contributed by atoms with Crippen molar-refractivity contribution < 1.29 is 19.4 Å². The van der Waals surface area contributed by atoms with Gasteiger partial charge in [-0.2, -0.15) is 0 Å². The lowest BCUT2D eigenvalue weighted by molar-refractivity contribution is -0.149. The number of anilines is 1. The van der Waals surface area contributed by atoms with Crippen molar-refractivity contribution in [2.45, 2.75) is 32.4 Å². The van der Waals surface area contributed by atoms with E-state index in [-0.39, 0.29) is 0 Å². The van der Waals surface area contributed by atoms with Crippen LogP contribution < -0.4 is 9.64 Å². The second kappa shape index (κ2) is 10.3. The fourth-order valence-corrected chi connectivity index (χ4v) is 4.18. The SMILES string of the molecule is CCOC(Cc1ccc(OCCN2Cc3ccccc3Cc3ccccc32)cc1)C(=O)O. The number of rotatable bonds is 9. The number of fused-ring (bicyclic) bond motifs is 2. The standard InChI is InChI=1S/C27H29NO4/c1-2-31-26(27(29)30)17-20-11-13-24(14-12-20)32-16-15-28-19-23-9-4-3-7-21(23)18-22-8-5-6-10-25(22)28/h3-14,26H,2,15-19H2,1H3,(H,29,30). The molecule has 0 saturated carbocycles. The minimum atomic E-state index is -0.938. The minimum absolute atomic E-state index is 0.341. The highest BCUT2D eigenvalue weighted by Gasteiger charge is 2.19. The molecule has 3 aromatic carbocycles. The van der Waals surface area contributed by atoms with Crippen LogP contribution in [0, 0.1) is 0 Å². The molecule has 1 N–H and O–H groups in total. The molecule has 0 amide bonds. The van der Waals surface area contributed by atoms with Crippen molar-refractivity contribution in [3.63, 3.8) is 0 Å². The van der Waals surface area contributed by atoms with Gasteiger partial charge in [0, 0.05) is 25.3 Å². The molecule has 3 aromatic rings. The number of nitrogens with zero attached hydrogens (tertiary/aromatic N) is 1. The van der Waals surface area contributed by atoms with Crippen molar-refractivity contribution in [2.24, 2.45) is 0 Å². The smallest absolute Gasteiger partial charge is 0.333 e. The Hall–Kier alpha value is -3.31. The molecule has 5 nitrogen and oxygen atoms in total. The van der Waals surface area contributed by atoms with Crippen molar-refractivity contribution >= 4 is 11.7 Å². The maximum absolute atomic E-state index is 11.3. The predicted molar refractivity (Wildman–Crippen MR) is 125 cm³/mol. The summed E-state index contributed by atoms with van der Waals surface area (Å²) in [4.78, 5) is 13.7. The minimum Gasteiger partial charge on any atom is -0.492 e. The molecule has 0 aliphatic carbocycles. The number of ether oxygens (including phenoxy) is 2. The molecule has 1 aliphatic rings. The average Bonchev–Trinajstić information content (AvgIpc) is 2.96. The number of hydrogen-bond acceptors (Lipinski definition) is 4. The molecule has 32 heavy (non-hydrogen) atoms. The van der Waals surface area contributed by atoms with Gasteiger partial charge in [-0.15, -0.1) is 0 Å². The maximum Gasteiger partial charge on any atom is 0.333 e. The Morgan fingerprint density at radius 1 is 0.969 bits per heavy atom. The topological polar surface area (TPSA) is 59.0 Å². The summed E-state index contributed by atoms with van der Waals surface area (Å²) < 4.78 is 11.3. The largest absolute Gasteiger partial charge is 0.492 e. The second-order valence-corrected chi connectivity index (χ2v) is 7.97. The lowest BCUT2D eigenvalue weighted by atomic mass is 10.0. The summed E-state index contributed by atoms with van der Waals surface area (Å²) in [5.74, 6) is -0.160. The van der Waals surface area contributed by atoms with Gasteiger partial charge in [0.05, 0.1) is 6.54 Å². The van der Waals surface area contributed by atoms with Crippen molar-refractivity contribution in [1.82, 2.24) is 0 Å². The summed E-state index contributed by atoms with van der Waals surface area (Å²) in [5, 5.41) is 9.26. The van der Waals surface area contributed by atoms with Crippen molar-refractivity contribution in [2.75, 3.05) is 24.7 Å². The molecule has 4 rings (SSSR count). The van der Waals surface area contributed by atoms with Gasteiger partial charge in [-0.1, -0.05) is 54.6 Å². The van der Waals surface area contributed by atoms with Gasteiger partial charge in [0.25, 0.3) is 0 Å². The first-order chi connectivity index (χ1) is 15.6. The third kappa shape index (κ3) is 5.29. The number of carboxylic acids is 1. The van der Waals surface area contributed by atoms with Crippen LogP contribution >= 0.6 is 0 Å². The van der Waals surface area contributed by atoms with E-state index in [0.29, 0.717) is 19.6 Å². The van der Waals surface area contributed by atoms with Gasteiger partial charge in [0.15, 0.2) is 6.10 Å². The van der Waals surface area contributed by atoms with Crippen molar-refractivity contribution in [3.8, 4) is 5.75 Å². The predicted octanol–water partition coefficient (Wildman–Crippen LogP) is 4.71. The molecule has 1 heterocycles. The van der Waals surface area contributed by atoms with Crippen LogP contribution in [-0.2, 0) is 28.9 Å². The number of hydrogen-bond donors (Lipinski definition) is 1. The van der Waals surface area contributed by atoms with Gasteiger partial charge in [0.2, 0.25) is 0 Å². The van der Waals surface area contributed by atoms with E-state index in [2.05, 4.69) is 53.4 Å². The molecular formula is C27H29NO4. The highest BCUT2D eigenvalue weighted by atomic mass is 16.5. The van der Waals surface area contributed by atoms with E-state index in [4.69, 9.17) is 9.47 Å². The summed E-state index contributed by atoms with van der Waals surface area (Å²) in [6.45, 7) is 4.38. The van der Waals surface area contributed by atoms with E-state index in [1.54, 1.807) is 6.92 Å². The van der Waals surface area contributed by atoms with E-state index < -0.39 is 12.1 Å². The van der Waals surface area contributed by atoms with Gasteiger partial charge < -0.3 is 19.5 Å². The Labute approximate surface area is 189 Å². The first-order valence-electron chi connectivity index (χ1n) is 11.1. The van der Waals surface area contributed by atoms with Crippen molar-refractivity contribution in [3.05, 3.63) is 95.1 Å². The van der Waals surface area contributed by atoms with Crippen LogP contribution in [0.2, 0.25) is 0 Å². The van der Waals surface area contributed by atoms with E-state index in [1.807, 2.05) is 24.3 Å². The third-order valence-electron chi connectivity index (χ3n) is 5.81. The molecule has 0 saturated heterocycles. The zero-order chi connectivity index (χ0) is 22.3. The first-order valence-corrected chi connectivity index (χ1v) is 11.1. The van der Waals surface area contributed by atoms with Gasteiger partial charge in [-0.25, -0.2) is 4.79 Å². The van der Waals surface area contributed by atoms with Crippen LogP contribution in [-0.4, -0.2) is 36.9 Å². The number of aliphatic carboxylic acids is 1. The Bertz CT molecular complexity index is 1050. The summed E-state index contributed by atoms with van der Waals surface area (Å²) in [6, 6.07) is 24.8. The second-order valence-electron chi connectivity index (χ2n) is 7.97. The van der Waals surface area contributed by atoms with Gasteiger partial charge in [0.1, 0.15) is 12.4 Å². The van der Waals surface area contributed by atoms with Crippen LogP contribution in [0.15, 0.2) is 72.8 Å². The fourth-order valence-electron chi connectivity index (χ4n) is 4.18. The lowest BCUT2D eigenvalue weighted by Crippen LogP contribution is -2.28. The molecule has 1 unspecified atom stereocenters. The fraction of sp³-hybridized carbons (Fsp3) is 0.296. The van der Waals surface area contributed by atoms with Gasteiger partial charge in [-0.3, -0.25) is 0 Å². The summed E-state index contributed by atoms with van der Waals surface area (Å²) >= 11 is 0. The van der Waals surface area contributed by atoms with Gasteiger partial charge in [-0.05, 0) is 53.8 Å². The Morgan fingerprint density at radius 3 is 2.38 bits per heavy atom. The molecular weight excluding hydrogens is 402 g/mol. The van der Waals surface area contributed by atoms with E-state index >= 15 is 0 Å². The molecule has 1 atom stereocenters. The summed E-state index contributed by atoms with van der Waals surface area (Å²) in [5.41, 5.74) is 6.25. The highest BCUT2D eigenvalue weighted by molar-refractivity contribution is 5.72. The summed E-state index contributed by atoms with van der Waals surface area (Å²) in [6.07, 6.45) is 0.468. The third-order valence-corrected chi connectivity index (χ3v) is 5.81. The molecule has 1 aliphatic heterocycles. The number of carbonyl (C=O) groups is 1. The highest BCUT2D eigenvalue weighted by Crippen LogP contribution is 2.30. The quantitative estimate of drug-likeness (QED) is 0.532.